The molecule has 1 atom stereocenters. The van der Waals surface area contributed by atoms with Crippen LogP contribution in [0.3, 0.4) is 0 Å². The molecule has 0 bridgehead atoms. The van der Waals surface area contributed by atoms with E-state index in [9.17, 15) is 18.0 Å². The van der Waals surface area contributed by atoms with Crippen molar-refractivity contribution in [2.75, 3.05) is 18.0 Å². The molecule has 0 saturated heterocycles. The molecule has 2 aromatic rings. The second-order valence-electron chi connectivity index (χ2n) is 8.54. The van der Waals surface area contributed by atoms with Gasteiger partial charge in [0.25, 0.3) is 0 Å². The van der Waals surface area contributed by atoms with Gasteiger partial charge in [0.1, 0.15) is 6.04 Å². The molecule has 1 aliphatic rings. The minimum atomic E-state index is -3.90. The largest absolute Gasteiger partial charge is 0.354 e. The number of fused-ring (bicyclic) bond motifs is 1. The van der Waals surface area contributed by atoms with Gasteiger partial charge < -0.3 is 10.2 Å². The lowest BCUT2D eigenvalue weighted by Gasteiger charge is -2.21. The van der Waals surface area contributed by atoms with E-state index in [1.807, 2.05) is 44.2 Å². The van der Waals surface area contributed by atoms with Crippen molar-refractivity contribution in [1.82, 2.24) is 10.0 Å². The van der Waals surface area contributed by atoms with Crippen LogP contribution in [0.25, 0.3) is 0 Å². The van der Waals surface area contributed by atoms with Crippen LogP contribution >= 0.6 is 0 Å². The molecule has 172 valence electrons. The van der Waals surface area contributed by atoms with Crippen LogP contribution in [0.5, 0.6) is 0 Å². The highest BCUT2D eigenvalue weighted by atomic mass is 32.2. The van der Waals surface area contributed by atoms with Gasteiger partial charge in [-0.05, 0) is 54.5 Å². The molecule has 0 spiro atoms. The van der Waals surface area contributed by atoms with E-state index < -0.39 is 16.1 Å². The maximum atomic E-state index is 13.1. The van der Waals surface area contributed by atoms with Crippen LogP contribution in [-0.4, -0.2) is 39.4 Å². The van der Waals surface area contributed by atoms with Gasteiger partial charge in [-0.2, -0.15) is 4.72 Å². The molecule has 32 heavy (non-hydrogen) atoms. The average molecular weight is 458 g/mol. The summed E-state index contributed by atoms with van der Waals surface area (Å²) in [4.78, 5) is 26.3. The number of carbonyl (C=O) groups is 2. The summed E-state index contributed by atoms with van der Waals surface area (Å²) < 4.78 is 28.7. The minimum absolute atomic E-state index is 0.0679. The van der Waals surface area contributed by atoms with Crippen LogP contribution in [-0.2, 0) is 32.5 Å². The van der Waals surface area contributed by atoms with E-state index in [-0.39, 0.29) is 22.6 Å². The quantitative estimate of drug-likeness (QED) is 0.605. The number of nitrogens with one attached hydrogen (secondary N) is 2. The first-order chi connectivity index (χ1) is 15.2. The van der Waals surface area contributed by atoms with E-state index in [0.717, 1.165) is 16.8 Å². The monoisotopic (exact) mass is 457 g/mol. The molecule has 0 saturated carbocycles. The average Bonchev–Trinajstić information content (AvgIpc) is 3.17. The molecule has 1 aliphatic heterocycles. The molecule has 0 unspecified atom stereocenters. The highest BCUT2D eigenvalue weighted by Crippen LogP contribution is 2.30. The van der Waals surface area contributed by atoms with Crippen molar-refractivity contribution in [3.05, 3.63) is 59.7 Å². The molecule has 1 heterocycles. The number of benzene rings is 2. The molecule has 0 aromatic heterocycles. The molecular weight excluding hydrogens is 426 g/mol. The first kappa shape index (κ1) is 23.9. The van der Waals surface area contributed by atoms with Crippen LogP contribution < -0.4 is 14.9 Å². The van der Waals surface area contributed by atoms with E-state index in [1.165, 1.54) is 13.0 Å². The number of hydrogen-bond donors (Lipinski definition) is 2. The zero-order chi connectivity index (χ0) is 23.3. The highest BCUT2D eigenvalue weighted by molar-refractivity contribution is 7.89. The van der Waals surface area contributed by atoms with Gasteiger partial charge in [0.15, 0.2) is 0 Å². The van der Waals surface area contributed by atoms with Gasteiger partial charge >= 0.3 is 0 Å². The summed E-state index contributed by atoms with van der Waals surface area (Å²) in [6.45, 7) is 6.36. The molecule has 0 fully saturated rings. The topological polar surface area (TPSA) is 95.6 Å². The fourth-order valence-corrected chi connectivity index (χ4v) is 5.16. The summed E-state index contributed by atoms with van der Waals surface area (Å²) in [5.74, 6) is -0.268. The number of nitrogens with zero attached hydrogens (tertiary/aromatic N) is 1. The smallest absolute Gasteiger partial charge is 0.241 e. The zero-order valence-electron chi connectivity index (χ0n) is 18.8. The van der Waals surface area contributed by atoms with Gasteiger partial charge in [0, 0.05) is 25.7 Å². The van der Waals surface area contributed by atoms with Crippen LogP contribution in [0.2, 0.25) is 0 Å². The molecule has 7 nitrogen and oxygen atoms in total. The molecule has 2 N–H and O–H groups in total. The van der Waals surface area contributed by atoms with E-state index in [1.54, 1.807) is 17.0 Å². The third-order valence-electron chi connectivity index (χ3n) is 5.51. The standard InChI is InChI=1S/C24H31N3O4S/c1-17(2)15-22(24(29)25-13-11-19-7-5-4-6-8-19)26-32(30,31)21-9-10-23-20(16-21)12-14-27(23)18(3)28/h4-10,16-17,22,26H,11-15H2,1-3H3,(H,25,29)/t22-/m0/s1. The Hall–Kier alpha value is -2.71. The predicted octanol–water partition coefficient (Wildman–Crippen LogP) is 2.65. The Labute approximate surface area is 190 Å². The Morgan fingerprint density at radius 3 is 2.47 bits per heavy atom. The van der Waals surface area contributed by atoms with E-state index in [0.29, 0.717) is 32.4 Å². The number of hydrogen-bond acceptors (Lipinski definition) is 4. The zero-order valence-corrected chi connectivity index (χ0v) is 19.6. The van der Waals surface area contributed by atoms with E-state index >= 15 is 0 Å². The van der Waals surface area contributed by atoms with Crippen molar-refractivity contribution < 1.29 is 18.0 Å². The molecule has 8 heteroatoms. The Morgan fingerprint density at radius 1 is 1.09 bits per heavy atom. The van der Waals surface area contributed by atoms with Crippen LogP contribution in [0, 0.1) is 5.92 Å². The van der Waals surface area contributed by atoms with Crippen LogP contribution in [0.4, 0.5) is 5.69 Å². The second-order valence-corrected chi connectivity index (χ2v) is 10.3. The van der Waals surface area contributed by atoms with Gasteiger partial charge in [-0.15, -0.1) is 0 Å². The lowest BCUT2D eigenvalue weighted by Crippen LogP contribution is -2.47. The van der Waals surface area contributed by atoms with Gasteiger partial charge in [-0.1, -0.05) is 44.2 Å². The minimum Gasteiger partial charge on any atom is -0.354 e. The SMILES string of the molecule is CC(=O)N1CCc2cc(S(=O)(=O)N[C@@H](CC(C)C)C(=O)NCCc3ccccc3)ccc21. The number of carbonyl (C=O) groups excluding carboxylic acids is 2. The van der Waals surface area contributed by atoms with Crippen molar-refractivity contribution in [2.24, 2.45) is 5.92 Å². The first-order valence-corrected chi connectivity index (χ1v) is 12.4. The third-order valence-corrected chi connectivity index (χ3v) is 6.98. The molecular formula is C24H31N3O4S. The van der Waals surface area contributed by atoms with Crippen molar-refractivity contribution in [2.45, 2.75) is 51.0 Å². The number of rotatable bonds is 9. The summed E-state index contributed by atoms with van der Waals surface area (Å²) in [6, 6.07) is 13.7. The Bertz CT molecular complexity index is 1070. The number of sulfonamides is 1. The summed E-state index contributed by atoms with van der Waals surface area (Å²) in [5.41, 5.74) is 2.66. The molecule has 0 aliphatic carbocycles. The fraction of sp³-hybridized carbons (Fsp3) is 0.417. The first-order valence-electron chi connectivity index (χ1n) is 10.9. The van der Waals surface area contributed by atoms with Crippen molar-refractivity contribution >= 4 is 27.5 Å². The summed E-state index contributed by atoms with van der Waals surface area (Å²) in [6.07, 6.45) is 1.67. The third kappa shape index (κ3) is 5.95. The molecule has 2 amide bonds. The Kier molecular flexibility index (Phi) is 7.69. The van der Waals surface area contributed by atoms with Crippen LogP contribution in [0.15, 0.2) is 53.4 Å². The predicted molar refractivity (Wildman–Crippen MR) is 125 cm³/mol. The fourth-order valence-electron chi connectivity index (χ4n) is 3.91. The van der Waals surface area contributed by atoms with E-state index in [2.05, 4.69) is 10.0 Å². The summed E-state index contributed by atoms with van der Waals surface area (Å²) in [5, 5.41) is 2.86. The maximum absolute atomic E-state index is 13.1. The molecule has 2 aromatic carbocycles. The van der Waals surface area contributed by atoms with Gasteiger partial charge in [0.05, 0.1) is 4.90 Å². The Morgan fingerprint density at radius 2 is 1.81 bits per heavy atom. The highest BCUT2D eigenvalue weighted by Gasteiger charge is 2.29. The Balaban J connectivity index is 1.70. The van der Waals surface area contributed by atoms with Gasteiger partial charge in [-0.3, -0.25) is 9.59 Å². The summed E-state index contributed by atoms with van der Waals surface area (Å²) in [7, 11) is -3.90. The lowest BCUT2D eigenvalue weighted by atomic mass is 10.0. The number of anilines is 1. The number of amides is 2. The van der Waals surface area contributed by atoms with E-state index in [4.69, 9.17) is 0 Å². The van der Waals surface area contributed by atoms with Crippen molar-refractivity contribution in [1.29, 1.82) is 0 Å². The normalized spacial score (nSPS) is 14.3. The second kappa shape index (κ2) is 10.3. The van der Waals surface area contributed by atoms with Crippen molar-refractivity contribution in [3.63, 3.8) is 0 Å². The lowest BCUT2D eigenvalue weighted by molar-refractivity contribution is -0.123. The maximum Gasteiger partial charge on any atom is 0.241 e. The van der Waals surface area contributed by atoms with Crippen molar-refractivity contribution in [3.8, 4) is 0 Å². The molecule has 3 rings (SSSR count). The van der Waals surface area contributed by atoms with Crippen LogP contribution in [0.1, 0.15) is 38.3 Å². The van der Waals surface area contributed by atoms with Gasteiger partial charge in [0.2, 0.25) is 21.8 Å². The summed E-state index contributed by atoms with van der Waals surface area (Å²) >= 11 is 0. The molecule has 0 radical (unpaired) electrons. The van der Waals surface area contributed by atoms with Gasteiger partial charge in [-0.25, -0.2) is 8.42 Å².